The maximum atomic E-state index is 11.7. The number of carbonyl (C=O) groups is 1. The average Bonchev–Trinajstić information content (AvgIpc) is 2.56. The highest BCUT2D eigenvalue weighted by Crippen LogP contribution is 2.22. The van der Waals surface area contributed by atoms with Gasteiger partial charge in [-0.25, -0.2) is 4.79 Å². The Bertz CT molecular complexity index is 691. The number of benzene rings is 2. The van der Waals surface area contributed by atoms with Gasteiger partial charge in [0.2, 0.25) is 0 Å². The smallest absolute Gasteiger partial charge is 0.338 e. The van der Waals surface area contributed by atoms with E-state index in [1.807, 2.05) is 66.7 Å². The molecule has 21 heavy (non-hydrogen) atoms. The van der Waals surface area contributed by atoms with E-state index in [0.717, 1.165) is 11.1 Å². The van der Waals surface area contributed by atoms with E-state index in [1.54, 1.807) is 0 Å². The van der Waals surface area contributed by atoms with E-state index in [-0.39, 0.29) is 5.57 Å². The normalized spacial score (nSPS) is 9.38. The third-order valence-electron chi connectivity index (χ3n) is 2.98. The number of ether oxygens (including phenoxy) is 1. The Labute approximate surface area is 124 Å². The highest BCUT2D eigenvalue weighted by molar-refractivity contribution is 6.05. The highest BCUT2D eigenvalue weighted by atomic mass is 16.5. The monoisotopic (exact) mass is 276 g/mol. The molecule has 0 radical (unpaired) electrons. The molecule has 0 bridgehead atoms. The fraction of sp³-hybridized carbons (Fsp3) is 0.0526. The van der Waals surface area contributed by atoms with Crippen molar-refractivity contribution < 1.29 is 9.53 Å². The van der Waals surface area contributed by atoms with Crippen LogP contribution in [0.4, 0.5) is 0 Å². The third-order valence-corrected chi connectivity index (χ3v) is 2.98. The Morgan fingerprint density at radius 3 is 2.19 bits per heavy atom. The molecule has 2 nitrogen and oxygen atoms in total. The Morgan fingerprint density at radius 2 is 1.62 bits per heavy atom. The largest absolute Gasteiger partial charge is 0.465 e. The molecular formula is C19H16O2. The van der Waals surface area contributed by atoms with E-state index >= 15 is 0 Å². The number of hydrogen-bond donors (Lipinski definition) is 0. The van der Waals surface area contributed by atoms with Crippen LogP contribution < -0.4 is 0 Å². The van der Waals surface area contributed by atoms with Gasteiger partial charge >= 0.3 is 5.97 Å². The molecule has 0 saturated heterocycles. The summed E-state index contributed by atoms with van der Waals surface area (Å²) in [7, 11) is 1.34. The molecule has 2 aromatic rings. The zero-order chi connectivity index (χ0) is 15.1. The van der Waals surface area contributed by atoms with Crippen molar-refractivity contribution in [2.24, 2.45) is 0 Å². The van der Waals surface area contributed by atoms with Crippen LogP contribution in [0.25, 0.3) is 11.6 Å². The van der Waals surface area contributed by atoms with Gasteiger partial charge in [0, 0.05) is 5.57 Å². The lowest BCUT2D eigenvalue weighted by molar-refractivity contribution is -0.135. The van der Waals surface area contributed by atoms with Crippen LogP contribution in [0.15, 0.2) is 78.5 Å². The van der Waals surface area contributed by atoms with Crippen molar-refractivity contribution >= 4 is 17.6 Å². The summed E-state index contributed by atoms with van der Waals surface area (Å²) in [5.74, 6) is -0.456. The van der Waals surface area contributed by atoms with E-state index in [4.69, 9.17) is 4.74 Å². The SMILES string of the molecule is C=C(C(=O)OC)C(=C=Cc1ccccc1)c1ccccc1. The van der Waals surface area contributed by atoms with Gasteiger partial charge in [-0.15, -0.1) is 5.73 Å². The molecule has 0 saturated carbocycles. The maximum absolute atomic E-state index is 11.7. The predicted octanol–water partition coefficient (Wildman–Crippen LogP) is 4.11. The van der Waals surface area contributed by atoms with Crippen LogP contribution >= 0.6 is 0 Å². The molecule has 2 heteroatoms. The number of methoxy groups -OCH3 is 1. The van der Waals surface area contributed by atoms with E-state index in [2.05, 4.69) is 12.3 Å². The van der Waals surface area contributed by atoms with Crippen LogP contribution in [0.2, 0.25) is 0 Å². The van der Waals surface area contributed by atoms with Crippen molar-refractivity contribution in [1.82, 2.24) is 0 Å². The molecular weight excluding hydrogens is 260 g/mol. The Hall–Kier alpha value is -2.83. The second-order valence-corrected chi connectivity index (χ2v) is 4.41. The molecule has 0 aliphatic carbocycles. The molecule has 0 N–H and O–H groups in total. The topological polar surface area (TPSA) is 26.3 Å². The first kappa shape index (κ1) is 14.6. The van der Waals surface area contributed by atoms with Gasteiger partial charge < -0.3 is 4.74 Å². The Kier molecular flexibility index (Phi) is 4.92. The van der Waals surface area contributed by atoms with Crippen molar-refractivity contribution in [3.05, 3.63) is 89.7 Å². The molecule has 0 aromatic heterocycles. The lowest BCUT2D eigenvalue weighted by atomic mass is 9.99. The quantitative estimate of drug-likeness (QED) is 0.363. The molecule has 2 aromatic carbocycles. The standard InChI is InChI=1S/C19H16O2/c1-15(19(20)21-2)18(17-11-7-4-8-12-17)14-13-16-9-5-3-6-10-16/h3-13H,1H2,2H3. The minimum atomic E-state index is -0.456. The minimum Gasteiger partial charge on any atom is -0.465 e. The van der Waals surface area contributed by atoms with Crippen molar-refractivity contribution in [3.8, 4) is 0 Å². The third kappa shape index (κ3) is 3.82. The van der Waals surface area contributed by atoms with Crippen LogP contribution in [0.1, 0.15) is 11.1 Å². The molecule has 0 unspecified atom stereocenters. The summed E-state index contributed by atoms with van der Waals surface area (Å²) in [5, 5.41) is 0. The van der Waals surface area contributed by atoms with E-state index in [1.165, 1.54) is 7.11 Å². The number of rotatable bonds is 4. The lowest BCUT2D eigenvalue weighted by Crippen LogP contribution is -2.05. The minimum absolute atomic E-state index is 0.288. The van der Waals surface area contributed by atoms with Crippen molar-refractivity contribution in [2.75, 3.05) is 7.11 Å². The van der Waals surface area contributed by atoms with Gasteiger partial charge in [-0.05, 0) is 17.2 Å². The van der Waals surface area contributed by atoms with Gasteiger partial charge in [-0.1, -0.05) is 67.2 Å². The lowest BCUT2D eigenvalue weighted by Gasteiger charge is -2.06. The summed E-state index contributed by atoms with van der Waals surface area (Å²) in [5.41, 5.74) is 5.96. The first-order valence-electron chi connectivity index (χ1n) is 6.57. The second-order valence-electron chi connectivity index (χ2n) is 4.41. The number of carbonyl (C=O) groups excluding carboxylic acids is 1. The van der Waals surface area contributed by atoms with Gasteiger partial charge in [0.05, 0.1) is 12.7 Å². The molecule has 104 valence electrons. The Balaban J connectivity index is 2.49. The molecule has 0 fully saturated rings. The van der Waals surface area contributed by atoms with Crippen LogP contribution in [0.5, 0.6) is 0 Å². The highest BCUT2D eigenvalue weighted by Gasteiger charge is 2.13. The summed E-state index contributed by atoms with van der Waals surface area (Å²) in [6.45, 7) is 3.82. The molecule has 0 aliphatic rings. The summed E-state index contributed by atoms with van der Waals surface area (Å²) < 4.78 is 4.75. The number of esters is 1. The van der Waals surface area contributed by atoms with Gasteiger partial charge in [0.25, 0.3) is 0 Å². The van der Waals surface area contributed by atoms with E-state index < -0.39 is 5.97 Å². The summed E-state index contributed by atoms with van der Waals surface area (Å²) in [6, 6.07) is 19.3. The van der Waals surface area contributed by atoms with Gasteiger partial charge in [0.15, 0.2) is 0 Å². The fourth-order valence-corrected chi connectivity index (χ4v) is 1.88. The van der Waals surface area contributed by atoms with Crippen molar-refractivity contribution in [1.29, 1.82) is 0 Å². The first-order chi connectivity index (χ1) is 10.2. The summed E-state index contributed by atoms with van der Waals surface area (Å²) in [6.07, 6.45) is 1.83. The molecule has 0 amide bonds. The second kappa shape index (κ2) is 7.09. The zero-order valence-electron chi connectivity index (χ0n) is 11.9. The zero-order valence-corrected chi connectivity index (χ0v) is 11.9. The molecule has 2 rings (SSSR count). The first-order valence-corrected chi connectivity index (χ1v) is 6.57. The van der Waals surface area contributed by atoms with Crippen LogP contribution in [0.3, 0.4) is 0 Å². The number of hydrogen-bond acceptors (Lipinski definition) is 2. The van der Waals surface area contributed by atoms with Crippen molar-refractivity contribution in [3.63, 3.8) is 0 Å². The van der Waals surface area contributed by atoms with E-state index in [9.17, 15) is 4.79 Å². The summed E-state index contributed by atoms with van der Waals surface area (Å²) >= 11 is 0. The predicted molar refractivity (Wildman–Crippen MR) is 85.4 cm³/mol. The van der Waals surface area contributed by atoms with Gasteiger partial charge in [-0.3, -0.25) is 0 Å². The van der Waals surface area contributed by atoms with Gasteiger partial charge in [0.1, 0.15) is 0 Å². The Morgan fingerprint density at radius 1 is 1.05 bits per heavy atom. The molecule has 0 atom stereocenters. The van der Waals surface area contributed by atoms with Gasteiger partial charge in [-0.2, -0.15) is 0 Å². The molecule has 0 aliphatic heterocycles. The van der Waals surface area contributed by atoms with Crippen LogP contribution in [0, 0.1) is 0 Å². The fourth-order valence-electron chi connectivity index (χ4n) is 1.88. The van der Waals surface area contributed by atoms with Crippen LogP contribution in [-0.4, -0.2) is 13.1 Å². The maximum Gasteiger partial charge on any atom is 0.338 e. The van der Waals surface area contributed by atoms with E-state index in [0.29, 0.717) is 5.57 Å². The molecule has 0 spiro atoms. The molecule has 0 heterocycles. The van der Waals surface area contributed by atoms with Crippen LogP contribution in [-0.2, 0) is 9.53 Å². The summed E-state index contributed by atoms with van der Waals surface area (Å²) in [4.78, 5) is 11.7. The van der Waals surface area contributed by atoms with Crippen molar-refractivity contribution in [2.45, 2.75) is 0 Å². The average molecular weight is 276 g/mol.